The number of nitrogens with two attached hydrogens (primary N) is 1. The van der Waals surface area contributed by atoms with E-state index >= 15 is 0 Å². The molecule has 2 aromatic rings. The molecule has 0 bridgehead atoms. The molecule has 0 aliphatic carbocycles. The third-order valence-electron chi connectivity index (χ3n) is 4.53. The zero-order valence-electron chi connectivity index (χ0n) is 17.1. The molecule has 0 aromatic carbocycles. The normalized spacial score (nSPS) is 27.1. The van der Waals surface area contributed by atoms with Gasteiger partial charge in [-0.3, -0.25) is 18.2 Å². The SMILES string of the molecule is CSc1nc(N)c2ncn([C@@H]3O[C@H](COP(=O)(O)OP(=O)(O)C(Cl)(Cl)P(=O)(O)O)[C@@H](O)[C@H]3O)c2n1. The molecular formula is C12H18Cl2N5O12P3S. The molecule has 3 heterocycles. The van der Waals surface area contributed by atoms with Crippen LogP contribution in [-0.2, 0) is 27.3 Å². The van der Waals surface area contributed by atoms with Crippen molar-refractivity contribution >= 4 is 75.0 Å². The van der Waals surface area contributed by atoms with Gasteiger partial charge in [0.15, 0.2) is 22.8 Å². The van der Waals surface area contributed by atoms with Crippen LogP contribution < -0.4 is 5.73 Å². The molecule has 1 fully saturated rings. The third-order valence-corrected chi connectivity index (χ3v) is 12.8. The van der Waals surface area contributed by atoms with Crippen LogP contribution in [0, 0.1) is 0 Å². The first-order valence-corrected chi connectivity index (χ1v) is 15.6. The van der Waals surface area contributed by atoms with E-state index in [1.54, 1.807) is 6.26 Å². The molecule has 35 heavy (non-hydrogen) atoms. The largest absolute Gasteiger partial charge is 0.479 e. The summed E-state index contributed by atoms with van der Waals surface area (Å²) in [5, 5.41) is 21.0. The number of nitrogen functional groups attached to an aromatic ring is 1. The summed E-state index contributed by atoms with van der Waals surface area (Å²) < 4.78 is 46.7. The quantitative estimate of drug-likeness (QED) is 0.0861. The number of thioether (sulfide) groups is 1. The minimum atomic E-state index is -5.88. The van der Waals surface area contributed by atoms with Crippen molar-refractivity contribution in [3.63, 3.8) is 0 Å². The number of nitrogens with zero attached hydrogens (tertiary/aromatic N) is 4. The van der Waals surface area contributed by atoms with E-state index < -0.39 is 58.0 Å². The number of phosphoric acid groups is 1. The van der Waals surface area contributed by atoms with Crippen LogP contribution in [0.1, 0.15) is 6.23 Å². The van der Waals surface area contributed by atoms with Crippen molar-refractivity contribution in [2.45, 2.75) is 33.5 Å². The zero-order valence-corrected chi connectivity index (χ0v) is 22.1. The summed E-state index contributed by atoms with van der Waals surface area (Å²) >= 11 is 11.5. The van der Waals surface area contributed by atoms with Gasteiger partial charge in [-0.05, 0) is 6.26 Å². The number of aliphatic hydroxyl groups excluding tert-OH is 2. The highest BCUT2D eigenvalue weighted by atomic mass is 35.5. The number of hydrogen-bond acceptors (Lipinski definition) is 13. The first-order chi connectivity index (χ1) is 15.9. The third kappa shape index (κ3) is 5.72. The van der Waals surface area contributed by atoms with E-state index in [4.69, 9.17) is 43.5 Å². The standard InChI is InChI=1S/C12H18Cl2N5O12P3S/c1-35-11-17-8(15)5-9(18-11)19(3-16-5)10-7(21)6(20)4(30-10)2-29-34(27,28)31-33(25,26)12(13,14)32(22,23)24/h3-4,6-7,10,20-21H,2H2,1H3,(H,25,26)(H,27,28)(H2,15,17,18)(H2,22,23,24)/t4-,6-,7-,10-/m1/s1. The molecule has 3 rings (SSSR count). The average Bonchev–Trinajstić information content (AvgIpc) is 3.26. The molecule has 6 atom stereocenters. The number of anilines is 1. The molecule has 198 valence electrons. The Morgan fingerprint density at radius 1 is 1.20 bits per heavy atom. The van der Waals surface area contributed by atoms with Crippen LogP contribution in [0.4, 0.5) is 5.82 Å². The van der Waals surface area contributed by atoms with E-state index in [2.05, 4.69) is 23.8 Å². The fourth-order valence-electron chi connectivity index (χ4n) is 2.84. The lowest BCUT2D eigenvalue weighted by molar-refractivity contribution is -0.0502. The lowest BCUT2D eigenvalue weighted by Crippen LogP contribution is -2.33. The monoisotopic (exact) mass is 619 g/mol. The van der Waals surface area contributed by atoms with Crippen LogP contribution in [0.3, 0.4) is 0 Å². The maximum absolute atomic E-state index is 12.1. The van der Waals surface area contributed by atoms with Gasteiger partial charge in [0.1, 0.15) is 23.8 Å². The summed E-state index contributed by atoms with van der Waals surface area (Å²) in [5.41, 5.74) is 6.17. The van der Waals surface area contributed by atoms with Crippen molar-refractivity contribution in [1.29, 1.82) is 0 Å². The van der Waals surface area contributed by atoms with E-state index in [9.17, 15) is 33.7 Å². The summed E-state index contributed by atoms with van der Waals surface area (Å²) in [5.74, 6) is 0.0442. The van der Waals surface area contributed by atoms with E-state index in [1.165, 1.54) is 22.7 Å². The Hall–Kier alpha value is -0.390. The van der Waals surface area contributed by atoms with Crippen LogP contribution >= 0.6 is 58.0 Å². The molecule has 1 saturated heterocycles. The second kappa shape index (κ2) is 10.1. The highest BCUT2D eigenvalue weighted by Gasteiger charge is 2.62. The molecule has 8 N–H and O–H groups in total. The van der Waals surface area contributed by atoms with Gasteiger partial charge < -0.3 is 40.3 Å². The molecule has 1 aliphatic heterocycles. The van der Waals surface area contributed by atoms with Gasteiger partial charge in [-0.25, -0.2) is 23.8 Å². The molecule has 0 saturated carbocycles. The van der Waals surface area contributed by atoms with Crippen LogP contribution in [0.15, 0.2) is 11.5 Å². The summed E-state index contributed by atoms with van der Waals surface area (Å²) in [6.45, 7) is -1.00. The van der Waals surface area contributed by atoms with Gasteiger partial charge in [0.25, 0.3) is 0 Å². The number of halogens is 2. The first kappa shape index (κ1) is 29.2. The molecular weight excluding hydrogens is 602 g/mol. The maximum atomic E-state index is 12.1. The van der Waals surface area contributed by atoms with E-state index in [0.29, 0.717) is 0 Å². The van der Waals surface area contributed by atoms with Crippen LogP contribution in [0.25, 0.3) is 11.2 Å². The Bertz CT molecular complexity index is 1260. The molecule has 2 unspecified atom stereocenters. The summed E-state index contributed by atoms with van der Waals surface area (Å²) in [6, 6.07) is 0. The minimum absolute atomic E-state index is 0.0442. The number of aliphatic hydroxyl groups is 2. The lowest BCUT2D eigenvalue weighted by Gasteiger charge is -2.26. The number of rotatable bonds is 9. The predicted octanol–water partition coefficient (Wildman–Crippen LogP) is 0.335. The minimum Gasteiger partial charge on any atom is -0.387 e. The number of ether oxygens (including phenoxy) is 1. The average molecular weight is 620 g/mol. The highest BCUT2D eigenvalue weighted by Crippen LogP contribution is 2.79. The van der Waals surface area contributed by atoms with E-state index in [1.807, 2.05) is 0 Å². The fourth-order valence-corrected chi connectivity index (χ4v) is 7.44. The number of fused-ring (bicyclic) bond motifs is 1. The molecule has 1 aliphatic rings. The number of phosphoric ester groups is 1. The Morgan fingerprint density at radius 3 is 2.40 bits per heavy atom. The topological polar surface area (TPSA) is 270 Å². The van der Waals surface area contributed by atoms with Gasteiger partial charge in [0.05, 0.1) is 12.9 Å². The van der Waals surface area contributed by atoms with Crippen molar-refractivity contribution in [1.82, 2.24) is 19.5 Å². The Balaban J connectivity index is 1.76. The Morgan fingerprint density at radius 2 is 1.83 bits per heavy atom. The van der Waals surface area contributed by atoms with Crippen molar-refractivity contribution in [2.75, 3.05) is 18.6 Å². The van der Waals surface area contributed by atoms with Crippen LogP contribution in [0.5, 0.6) is 0 Å². The van der Waals surface area contributed by atoms with Crippen molar-refractivity contribution in [3.05, 3.63) is 6.33 Å². The van der Waals surface area contributed by atoms with Gasteiger partial charge in [-0.15, -0.1) is 0 Å². The zero-order chi connectivity index (χ0) is 26.6. The van der Waals surface area contributed by atoms with Gasteiger partial charge in [0, 0.05) is 0 Å². The molecule has 17 nitrogen and oxygen atoms in total. The second-order valence-corrected chi connectivity index (χ2v) is 15.7. The number of alkyl halides is 2. The Labute approximate surface area is 209 Å². The number of hydrogen-bond donors (Lipinski definition) is 7. The van der Waals surface area contributed by atoms with Crippen molar-refractivity contribution < 1.29 is 57.1 Å². The lowest BCUT2D eigenvalue weighted by atomic mass is 10.1. The Kier molecular flexibility index (Phi) is 8.38. The highest BCUT2D eigenvalue weighted by molar-refractivity contribution is 7.98. The number of imidazole rings is 1. The molecule has 0 spiro atoms. The van der Waals surface area contributed by atoms with Crippen molar-refractivity contribution in [3.8, 4) is 0 Å². The van der Waals surface area contributed by atoms with Crippen LogP contribution in [-0.4, -0.2) is 84.3 Å². The smallest absolute Gasteiger partial charge is 0.387 e. The van der Waals surface area contributed by atoms with Crippen molar-refractivity contribution in [2.24, 2.45) is 0 Å². The van der Waals surface area contributed by atoms with Gasteiger partial charge in [0.2, 0.25) is 0 Å². The van der Waals surface area contributed by atoms with E-state index in [-0.39, 0.29) is 22.1 Å². The van der Waals surface area contributed by atoms with Gasteiger partial charge in [-0.1, -0.05) is 35.0 Å². The summed E-state index contributed by atoms with van der Waals surface area (Å²) in [7, 11) is -17.2. The van der Waals surface area contributed by atoms with Crippen LogP contribution in [0.2, 0.25) is 0 Å². The van der Waals surface area contributed by atoms with E-state index in [0.717, 1.165) is 0 Å². The molecule has 0 radical (unpaired) electrons. The van der Waals surface area contributed by atoms with Gasteiger partial charge in [-0.2, -0.15) is 0 Å². The maximum Gasteiger partial charge on any atom is 0.479 e. The summed E-state index contributed by atoms with van der Waals surface area (Å²) in [6.07, 6.45) is -3.29. The second-order valence-electron chi connectivity index (χ2n) is 6.89. The first-order valence-electron chi connectivity index (χ1n) is 8.92. The predicted molar refractivity (Wildman–Crippen MR) is 121 cm³/mol. The molecule has 23 heteroatoms. The number of aromatic nitrogens is 4. The summed E-state index contributed by atoms with van der Waals surface area (Å²) in [4.78, 5) is 49.7. The molecule has 0 amide bonds. The van der Waals surface area contributed by atoms with Gasteiger partial charge >= 0.3 is 26.8 Å². The fraction of sp³-hybridized carbons (Fsp3) is 0.583. The molecule has 2 aromatic heterocycles.